The summed E-state index contributed by atoms with van der Waals surface area (Å²) in [5.41, 5.74) is 2.71. The number of fused-ring (bicyclic) bond motifs is 1. The molecule has 1 aromatic carbocycles. The molecule has 0 radical (unpaired) electrons. The van der Waals surface area contributed by atoms with Gasteiger partial charge >= 0.3 is 0 Å². The van der Waals surface area contributed by atoms with Crippen LogP contribution in [0.15, 0.2) is 40.9 Å². The summed E-state index contributed by atoms with van der Waals surface area (Å²) in [6.45, 7) is 6.52. The zero-order chi connectivity index (χ0) is 17.8. The fourth-order valence-corrected chi connectivity index (χ4v) is 2.75. The van der Waals surface area contributed by atoms with Crippen LogP contribution >= 0.6 is 0 Å². The number of carbonyl (C=O) groups excluding carboxylic acids is 1. The number of nitrogens with zero attached hydrogens (tertiary/aromatic N) is 2. The molecular weight excluding hydrogens is 314 g/mol. The highest BCUT2D eigenvalue weighted by Gasteiger charge is 2.17. The standard InChI is InChI=1S/C20H23N3O2/c1-13(2)10-18-23-14(3)19(25-18)20(24)21-9-8-15-11-16-6-4-5-7-17(16)22-12-15/h4-7,11-13H,8-10H2,1-3H3,(H,21,24). The number of oxazole rings is 1. The molecule has 2 heterocycles. The zero-order valence-corrected chi connectivity index (χ0v) is 14.9. The summed E-state index contributed by atoms with van der Waals surface area (Å²) in [6, 6.07) is 10.1. The van der Waals surface area contributed by atoms with Crippen molar-refractivity contribution in [3.8, 4) is 0 Å². The number of para-hydroxylation sites is 1. The Balaban J connectivity index is 1.59. The van der Waals surface area contributed by atoms with Crippen molar-refractivity contribution in [3.05, 3.63) is 59.4 Å². The van der Waals surface area contributed by atoms with E-state index < -0.39 is 0 Å². The van der Waals surface area contributed by atoms with Crippen molar-refractivity contribution in [3.63, 3.8) is 0 Å². The number of pyridine rings is 1. The lowest BCUT2D eigenvalue weighted by Crippen LogP contribution is -2.26. The van der Waals surface area contributed by atoms with Crippen LogP contribution in [0.25, 0.3) is 10.9 Å². The van der Waals surface area contributed by atoms with Gasteiger partial charge in [0.2, 0.25) is 5.76 Å². The van der Waals surface area contributed by atoms with Gasteiger partial charge in [-0.2, -0.15) is 0 Å². The Bertz CT molecular complexity index is 884. The van der Waals surface area contributed by atoms with E-state index in [1.54, 1.807) is 6.92 Å². The van der Waals surface area contributed by atoms with Crippen LogP contribution in [0, 0.1) is 12.8 Å². The summed E-state index contributed by atoms with van der Waals surface area (Å²) >= 11 is 0. The topological polar surface area (TPSA) is 68.0 Å². The molecule has 0 aliphatic heterocycles. The van der Waals surface area contributed by atoms with Crippen molar-refractivity contribution >= 4 is 16.8 Å². The normalized spacial score (nSPS) is 11.2. The molecule has 0 saturated heterocycles. The van der Waals surface area contributed by atoms with E-state index >= 15 is 0 Å². The van der Waals surface area contributed by atoms with Crippen molar-refractivity contribution in [1.29, 1.82) is 0 Å². The number of rotatable bonds is 6. The summed E-state index contributed by atoms with van der Waals surface area (Å²) in [5, 5.41) is 4.01. The van der Waals surface area contributed by atoms with E-state index in [0.29, 0.717) is 29.8 Å². The molecule has 0 unspecified atom stereocenters. The molecule has 5 heteroatoms. The van der Waals surface area contributed by atoms with Crippen molar-refractivity contribution in [1.82, 2.24) is 15.3 Å². The maximum Gasteiger partial charge on any atom is 0.289 e. The van der Waals surface area contributed by atoms with E-state index in [1.807, 2.05) is 30.5 Å². The third kappa shape index (κ3) is 4.24. The van der Waals surface area contributed by atoms with E-state index in [-0.39, 0.29) is 5.91 Å². The quantitative estimate of drug-likeness (QED) is 0.744. The molecular formula is C20H23N3O2. The Kier molecular flexibility index (Phi) is 5.12. The Morgan fingerprint density at radius 3 is 2.88 bits per heavy atom. The van der Waals surface area contributed by atoms with Crippen LogP contribution in [0.4, 0.5) is 0 Å². The van der Waals surface area contributed by atoms with Gasteiger partial charge < -0.3 is 9.73 Å². The van der Waals surface area contributed by atoms with E-state index in [2.05, 4.69) is 35.2 Å². The minimum Gasteiger partial charge on any atom is -0.435 e. The second-order valence-corrected chi connectivity index (χ2v) is 6.66. The first-order chi connectivity index (χ1) is 12.0. The predicted molar refractivity (Wildman–Crippen MR) is 97.6 cm³/mol. The van der Waals surface area contributed by atoms with E-state index in [4.69, 9.17) is 4.42 Å². The highest BCUT2D eigenvalue weighted by molar-refractivity contribution is 5.92. The molecule has 0 saturated carbocycles. The van der Waals surface area contributed by atoms with E-state index in [0.717, 1.165) is 29.3 Å². The Morgan fingerprint density at radius 1 is 1.28 bits per heavy atom. The summed E-state index contributed by atoms with van der Waals surface area (Å²) in [7, 11) is 0. The minimum atomic E-state index is -0.214. The van der Waals surface area contributed by atoms with Gasteiger partial charge in [0.15, 0.2) is 5.89 Å². The summed E-state index contributed by atoms with van der Waals surface area (Å²) in [4.78, 5) is 21.1. The molecule has 0 fully saturated rings. The van der Waals surface area contributed by atoms with Gasteiger partial charge in [0.05, 0.1) is 11.2 Å². The van der Waals surface area contributed by atoms with Gasteiger partial charge in [-0.3, -0.25) is 9.78 Å². The predicted octanol–water partition coefficient (Wildman–Crippen LogP) is 3.70. The number of aromatic nitrogens is 2. The molecule has 0 aliphatic rings. The first-order valence-electron chi connectivity index (χ1n) is 8.61. The van der Waals surface area contributed by atoms with Crippen LogP contribution in [0.5, 0.6) is 0 Å². The molecule has 130 valence electrons. The maximum absolute atomic E-state index is 12.3. The second-order valence-electron chi connectivity index (χ2n) is 6.66. The summed E-state index contributed by atoms with van der Waals surface area (Å²) < 4.78 is 5.61. The van der Waals surface area contributed by atoms with Crippen LogP contribution in [0.3, 0.4) is 0 Å². The van der Waals surface area contributed by atoms with Crippen molar-refractivity contribution in [2.45, 2.75) is 33.6 Å². The fourth-order valence-electron chi connectivity index (χ4n) is 2.75. The van der Waals surface area contributed by atoms with Gasteiger partial charge in [-0.15, -0.1) is 0 Å². The molecule has 1 N–H and O–H groups in total. The monoisotopic (exact) mass is 337 g/mol. The van der Waals surface area contributed by atoms with Gasteiger partial charge in [-0.05, 0) is 37.0 Å². The molecule has 2 aromatic heterocycles. The highest BCUT2D eigenvalue weighted by Crippen LogP contribution is 2.15. The number of benzene rings is 1. The van der Waals surface area contributed by atoms with Gasteiger partial charge in [0.25, 0.3) is 5.91 Å². The Morgan fingerprint density at radius 2 is 2.08 bits per heavy atom. The van der Waals surface area contributed by atoms with Crippen molar-refractivity contribution in [2.75, 3.05) is 6.54 Å². The second kappa shape index (κ2) is 7.47. The lowest BCUT2D eigenvalue weighted by atomic mass is 10.1. The first kappa shape index (κ1) is 17.1. The minimum absolute atomic E-state index is 0.214. The van der Waals surface area contributed by atoms with Crippen LogP contribution in [0.1, 0.15) is 41.6 Å². The van der Waals surface area contributed by atoms with Crippen molar-refractivity contribution < 1.29 is 9.21 Å². The number of nitrogens with one attached hydrogen (secondary N) is 1. The van der Waals surface area contributed by atoms with Gasteiger partial charge in [-0.25, -0.2) is 4.98 Å². The first-order valence-corrected chi connectivity index (χ1v) is 8.61. The lowest BCUT2D eigenvalue weighted by molar-refractivity contribution is 0.0923. The largest absolute Gasteiger partial charge is 0.435 e. The molecule has 25 heavy (non-hydrogen) atoms. The van der Waals surface area contributed by atoms with Gasteiger partial charge in [0, 0.05) is 24.5 Å². The Hall–Kier alpha value is -2.69. The zero-order valence-electron chi connectivity index (χ0n) is 14.9. The molecule has 1 amide bonds. The average Bonchev–Trinajstić information content (AvgIpc) is 2.94. The fraction of sp³-hybridized carbons (Fsp3) is 0.350. The van der Waals surface area contributed by atoms with Crippen LogP contribution in [-0.4, -0.2) is 22.4 Å². The Labute approximate surface area is 147 Å². The maximum atomic E-state index is 12.3. The number of hydrogen-bond acceptors (Lipinski definition) is 4. The summed E-state index contributed by atoms with van der Waals surface area (Å²) in [6.07, 6.45) is 3.31. The lowest BCUT2D eigenvalue weighted by Gasteiger charge is -2.05. The molecule has 0 bridgehead atoms. The third-order valence-corrected chi connectivity index (χ3v) is 3.98. The molecule has 3 rings (SSSR count). The number of aryl methyl sites for hydroxylation is 1. The average molecular weight is 337 g/mol. The number of hydrogen-bond donors (Lipinski definition) is 1. The molecule has 0 spiro atoms. The number of carbonyl (C=O) groups is 1. The van der Waals surface area contributed by atoms with Crippen LogP contribution in [0.2, 0.25) is 0 Å². The van der Waals surface area contributed by atoms with Crippen LogP contribution in [-0.2, 0) is 12.8 Å². The molecule has 0 aliphatic carbocycles. The van der Waals surface area contributed by atoms with Gasteiger partial charge in [0.1, 0.15) is 0 Å². The van der Waals surface area contributed by atoms with Crippen LogP contribution < -0.4 is 5.32 Å². The van der Waals surface area contributed by atoms with E-state index in [1.165, 1.54) is 0 Å². The van der Waals surface area contributed by atoms with Crippen molar-refractivity contribution in [2.24, 2.45) is 5.92 Å². The smallest absolute Gasteiger partial charge is 0.289 e. The number of amides is 1. The molecule has 3 aromatic rings. The van der Waals surface area contributed by atoms with Gasteiger partial charge in [-0.1, -0.05) is 32.0 Å². The molecule has 0 atom stereocenters. The SMILES string of the molecule is Cc1nc(CC(C)C)oc1C(=O)NCCc1cnc2ccccc2c1. The molecule has 5 nitrogen and oxygen atoms in total. The summed E-state index contributed by atoms with van der Waals surface area (Å²) in [5.74, 6) is 1.16. The van der Waals surface area contributed by atoms with E-state index in [9.17, 15) is 4.79 Å². The highest BCUT2D eigenvalue weighted by atomic mass is 16.4. The third-order valence-electron chi connectivity index (χ3n) is 3.98.